The first-order chi connectivity index (χ1) is 7.46. The van der Waals surface area contributed by atoms with Crippen LogP contribution in [-0.2, 0) is 0 Å². The van der Waals surface area contributed by atoms with Gasteiger partial charge in [-0.05, 0) is 57.2 Å². The minimum Gasteiger partial charge on any atom is -0.488 e. The van der Waals surface area contributed by atoms with Crippen LogP contribution in [0.1, 0.15) is 45.2 Å². The molecule has 2 N–H and O–H groups in total. The normalized spacial score (nSPS) is 17.2. The molecule has 1 aromatic carbocycles. The number of rotatable bonds is 3. The molecule has 0 bridgehead atoms. The minimum absolute atomic E-state index is 0. The highest BCUT2D eigenvalue weighted by atomic mass is 35.5. The Morgan fingerprint density at radius 3 is 2.12 bits per heavy atom. The second-order valence-corrected chi connectivity index (χ2v) is 5.65. The summed E-state index contributed by atoms with van der Waals surface area (Å²) in [6, 6.07) is 8.42. The Morgan fingerprint density at radius 1 is 1.18 bits per heavy atom. The van der Waals surface area contributed by atoms with Gasteiger partial charge in [0, 0.05) is 6.04 Å². The van der Waals surface area contributed by atoms with Crippen molar-refractivity contribution in [2.24, 2.45) is 11.7 Å². The molecule has 0 spiro atoms. The van der Waals surface area contributed by atoms with Crippen molar-refractivity contribution in [2.75, 3.05) is 0 Å². The molecule has 2 nitrogen and oxygen atoms in total. The van der Waals surface area contributed by atoms with Crippen LogP contribution >= 0.6 is 12.4 Å². The van der Waals surface area contributed by atoms with E-state index in [-0.39, 0.29) is 24.0 Å². The van der Waals surface area contributed by atoms with Gasteiger partial charge in [-0.25, -0.2) is 0 Å². The molecule has 0 unspecified atom stereocenters. The van der Waals surface area contributed by atoms with Gasteiger partial charge in [0.1, 0.15) is 11.4 Å². The van der Waals surface area contributed by atoms with Gasteiger partial charge in [-0.1, -0.05) is 12.1 Å². The maximum absolute atomic E-state index is 6.14. The smallest absolute Gasteiger partial charge is 0.120 e. The SMILES string of the molecule is CC(C)(C)Oc1ccc([C@@H](N)C2CC2)cc1.Cl. The molecule has 1 atom stereocenters. The lowest BCUT2D eigenvalue weighted by Gasteiger charge is -2.21. The number of hydrogen-bond acceptors (Lipinski definition) is 2. The van der Waals surface area contributed by atoms with Crippen LogP contribution in [0.25, 0.3) is 0 Å². The topological polar surface area (TPSA) is 35.2 Å². The third-order valence-corrected chi connectivity index (χ3v) is 2.82. The average Bonchev–Trinajstić information content (AvgIpc) is 2.98. The fourth-order valence-electron chi connectivity index (χ4n) is 1.84. The van der Waals surface area contributed by atoms with E-state index in [9.17, 15) is 0 Å². The van der Waals surface area contributed by atoms with Crippen LogP contribution in [0.3, 0.4) is 0 Å². The van der Waals surface area contributed by atoms with Crippen LogP contribution < -0.4 is 10.5 Å². The molecular formula is C14H22ClNO. The van der Waals surface area contributed by atoms with Crippen molar-refractivity contribution < 1.29 is 4.74 Å². The Balaban J connectivity index is 0.00000144. The summed E-state index contributed by atoms with van der Waals surface area (Å²) < 4.78 is 5.77. The van der Waals surface area contributed by atoms with Gasteiger partial charge in [0.2, 0.25) is 0 Å². The fourth-order valence-corrected chi connectivity index (χ4v) is 1.84. The second kappa shape index (κ2) is 5.28. The Hall–Kier alpha value is -0.730. The van der Waals surface area contributed by atoms with E-state index in [1.165, 1.54) is 18.4 Å². The Morgan fingerprint density at radius 2 is 1.71 bits per heavy atom. The molecule has 1 aliphatic rings. The molecule has 0 aliphatic heterocycles. The molecule has 1 aliphatic carbocycles. The molecule has 0 amide bonds. The van der Waals surface area contributed by atoms with E-state index < -0.39 is 0 Å². The summed E-state index contributed by atoms with van der Waals surface area (Å²) in [5.41, 5.74) is 7.22. The largest absolute Gasteiger partial charge is 0.488 e. The summed E-state index contributed by atoms with van der Waals surface area (Å²) >= 11 is 0. The van der Waals surface area contributed by atoms with Gasteiger partial charge in [-0.2, -0.15) is 0 Å². The van der Waals surface area contributed by atoms with Crippen LogP contribution in [-0.4, -0.2) is 5.60 Å². The number of ether oxygens (including phenoxy) is 1. The molecule has 17 heavy (non-hydrogen) atoms. The van der Waals surface area contributed by atoms with Gasteiger partial charge in [-0.3, -0.25) is 0 Å². The van der Waals surface area contributed by atoms with Crippen LogP contribution in [0, 0.1) is 5.92 Å². The molecule has 0 aromatic heterocycles. The lowest BCUT2D eigenvalue weighted by Crippen LogP contribution is -2.23. The van der Waals surface area contributed by atoms with Crippen LogP contribution in [0.4, 0.5) is 0 Å². The van der Waals surface area contributed by atoms with E-state index in [1.807, 2.05) is 12.1 Å². The first kappa shape index (κ1) is 14.3. The highest BCUT2D eigenvalue weighted by Gasteiger charge is 2.29. The lowest BCUT2D eigenvalue weighted by molar-refractivity contribution is 0.131. The van der Waals surface area contributed by atoms with Crippen molar-refractivity contribution in [3.8, 4) is 5.75 Å². The highest BCUT2D eigenvalue weighted by Crippen LogP contribution is 2.39. The summed E-state index contributed by atoms with van der Waals surface area (Å²) in [5.74, 6) is 1.62. The van der Waals surface area contributed by atoms with Gasteiger partial charge >= 0.3 is 0 Å². The second-order valence-electron chi connectivity index (χ2n) is 5.65. The van der Waals surface area contributed by atoms with Gasteiger partial charge in [0.25, 0.3) is 0 Å². The van der Waals surface area contributed by atoms with Crippen molar-refractivity contribution >= 4 is 12.4 Å². The molecule has 96 valence electrons. The van der Waals surface area contributed by atoms with E-state index in [4.69, 9.17) is 10.5 Å². The van der Waals surface area contributed by atoms with Crippen molar-refractivity contribution in [3.63, 3.8) is 0 Å². The lowest BCUT2D eigenvalue weighted by atomic mass is 10.0. The van der Waals surface area contributed by atoms with Gasteiger partial charge in [0.05, 0.1) is 0 Å². The molecule has 2 rings (SSSR count). The Labute approximate surface area is 110 Å². The number of hydrogen-bond donors (Lipinski definition) is 1. The van der Waals surface area contributed by atoms with Gasteiger partial charge in [-0.15, -0.1) is 12.4 Å². The van der Waals surface area contributed by atoms with Crippen molar-refractivity contribution in [2.45, 2.75) is 45.3 Å². The third-order valence-electron chi connectivity index (χ3n) is 2.82. The maximum atomic E-state index is 6.14. The van der Waals surface area contributed by atoms with Crippen LogP contribution in [0.2, 0.25) is 0 Å². The monoisotopic (exact) mass is 255 g/mol. The van der Waals surface area contributed by atoms with Crippen LogP contribution in [0.5, 0.6) is 5.75 Å². The standard InChI is InChI=1S/C14H21NO.ClH/c1-14(2,3)16-12-8-6-11(7-9-12)13(15)10-4-5-10;/h6-10,13H,4-5,15H2,1-3H3;1H/t13-;/m0./s1. The number of benzene rings is 1. The third kappa shape index (κ3) is 4.21. The summed E-state index contributed by atoms with van der Waals surface area (Å²) in [4.78, 5) is 0. The van der Waals surface area contributed by atoms with E-state index in [1.54, 1.807) is 0 Å². The zero-order valence-electron chi connectivity index (χ0n) is 10.8. The molecule has 0 radical (unpaired) electrons. The summed E-state index contributed by atoms with van der Waals surface area (Å²) in [5, 5.41) is 0. The van der Waals surface area contributed by atoms with E-state index in [0.717, 1.165) is 5.75 Å². The number of halogens is 1. The van der Waals surface area contributed by atoms with E-state index in [0.29, 0.717) is 5.92 Å². The predicted octanol–water partition coefficient (Wildman–Crippen LogP) is 3.70. The zero-order chi connectivity index (χ0) is 11.8. The average molecular weight is 256 g/mol. The molecule has 3 heteroatoms. The quantitative estimate of drug-likeness (QED) is 0.894. The number of nitrogens with two attached hydrogens (primary N) is 1. The van der Waals surface area contributed by atoms with E-state index in [2.05, 4.69) is 32.9 Å². The summed E-state index contributed by atoms with van der Waals surface area (Å²) in [7, 11) is 0. The summed E-state index contributed by atoms with van der Waals surface area (Å²) in [6.45, 7) is 6.16. The Kier molecular flexibility index (Phi) is 4.45. The van der Waals surface area contributed by atoms with Gasteiger partial charge in [0.15, 0.2) is 0 Å². The first-order valence-electron chi connectivity index (χ1n) is 6.00. The van der Waals surface area contributed by atoms with Crippen molar-refractivity contribution in [1.29, 1.82) is 0 Å². The zero-order valence-corrected chi connectivity index (χ0v) is 11.6. The molecule has 0 saturated heterocycles. The van der Waals surface area contributed by atoms with Gasteiger partial charge < -0.3 is 10.5 Å². The van der Waals surface area contributed by atoms with E-state index >= 15 is 0 Å². The fraction of sp³-hybridized carbons (Fsp3) is 0.571. The molecule has 1 saturated carbocycles. The summed E-state index contributed by atoms with van der Waals surface area (Å²) in [6.07, 6.45) is 2.56. The molecule has 0 heterocycles. The molecule has 1 aromatic rings. The molecule has 1 fully saturated rings. The maximum Gasteiger partial charge on any atom is 0.120 e. The minimum atomic E-state index is -0.139. The predicted molar refractivity (Wildman–Crippen MR) is 73.7 cm³/mol. The van der Waals surface area contributed by atoms with Crippen molar-refractivity contribution in [1.82, 2.24) is 0 Å². The van der Waals surface area contributed by atoms with Crippen LogP contribution in [0.15, 0.2) is 24.3 Å². The molecular weight excluding hydrogens is 234 g/mol. The first-order valence-corrected chi connectivity index (χ1v) is 6.00. The Bertz CT molecular complexity index is 351. The highest BCUT2D eigenvalue weighted by molar-refractivity contribution is 5.85. The van der Waals surface area contributed by atoms with Crippen molar-refractivity contribution in [3.05, 3.63) is 29.8 Å².